The van der Waals surface area contributed by atoms with Crippen molar-refractivity contribution in [3.05, 3.63) is 380 Å². The van der Waals surface area contributed by atoms with E-state index in [1.807, 2.05) is 0 Å². The lowest BCUT2D eigenvalue weighted by Crippen LogP contribution is -2.28. The minimum absolute atomic E-state index is 0.528. The molecular formula is C91H59N3. The SMILES string of the molecule is c1ccc(-c2ccc3c(c2)c2cc(-c4ccccc4)ccc2n3-c2ccc3c(c2)c2cc(-c4ccc(N(c5ccccc5)c5ccc6c(c5)C(c5ccccc5)(c5ccccc5)c5ccccc5-6)cc4)ccc2n3-c2ccc3c4ccccc4c4ccccc4c3c2)cc1. The number of fused-ring (bicyclic) bond motifs is 15. The zero-order valence-corrected chi connectivity index (χ0v) is 51.4. The number of rotatable bonds is 10. The van der Waals surface area contributed by atoms with Crippen molar-refractivity contribution in [1.82, 2.24) is 9.13 Å². The molecule has 0 saturated carbocycles. The summed E-state index contributed by atoms with van der Waals surface area (Å²) in [6.45, 7) is 0. The first-order chi connectivity index (χ1) is 46.6. The molecule has 18 aromatic rings. The molecule has 94 heavy (non-hydrogen) atoms. The summed E-state index contributed by atoms with van der Waals surface area (Å²) < 4.78 is 4.97. The summed E-state index contributed by atoms with van der Waals surface area (Å²) in [5.41, 5.74) is 24.3. The number of benzene rings is 16. The van der Waals surface area contributed by atoms with Crippen LogP contribution in [0.3, 0.4) is 0 Å². The van der Waals surface area contributed by atoms with Crippen LogP contribution in [0, 0.1) is 0 Å². The molecule has 0 unspecified atom stereocenters. The van der Waals surface area contributed by atoms with E-state index in [9.17, 15) is 0 Å². The third kappa shape index (κ3) is 8.24. The van der Waals surface area contributed by atoms with Gasteiger partial charge in [0.1, 0.15) is 0 Å². The van der Waals surface area contributed by atoms with Crippen LogP contribution in [0.5, 0.6) is 0 Å². The molecule has 438 valence electrons. The van der Waals surface area contributed by atoms with E-state index < -0.39 is 5.41 Å². The second-order valence-electron chi connectivity index (χ2n) is 25.1. The van der Waals surface area contributed by atoms with E-state index in [1.165, 1.54) is 121 Å². The molecule has 1 aliphatic carbocycles. The lowest BCUT2D eigenvalue weighted by Gasteiger charge is -2.35. The van der Waals surface area contributed by atoms with Crippen molar-refractivity contribution in [2.45, 2.75) is 5.41 Å². The van der Waals surface area contributed by atoms with Gasteiger partial charge in [-0.15, -0.1) is 0 Å². The molecule has 0 fully saturated rings. The second-order valence-corrected chi connectivity index (χ2v) is 25.1. The lowest BCUT2D eigenvalue weighted by molar-refractivity contribution is 0.768. The van der Waals surface area contributed by atoms with Crippen LogP contribution in [0.25, 0.3) is 132 Å². The van der Waals surface area contributed by atoms with E-state index in [2.05, 4.69) is 372 Å². The topological polar surface area (TPSA) is 13.1 Å². The molecule has 3 heteroatoms. The van der Waals surface area contributed by atoms with Gasteiger partial charge in [-0.25, -0.2) is 0 Å². The van der Waals surface area contributed by atoms with E-state index in [1.54, 1.807) is 0 Å². The van der Waals surface area contributed by atoms with Crippen LogP contribution in [0.2, 0.25) is 0 Å². The Hall–Kier alpha value is -12.3. The van der Waals surface area contributed by atoms with Gasteiger partial charge in [0.15, 0.2) is 0 Å². The summed E-state index contributed by atoms with van der Waals surface area (Å²) in [6, 6.07) is 133. The third-order valence-electron chi connectivity index (χ3n) is 20.1. The van der Waals surface area contributed by atoms with Gasteiger partial charge in [-0.05, 0) is 202 Å². The van der Waals surface area contributed by atoms with Gasteiger partial charge in [0.2, 0.25) is 0 Å². The van der Waals surface area contributed by atoms with Crippen molar-refractivity contribution in [2.75, 3.05) is 4.90 Å². The highest BCUT2D eigenvalue weighted by Crippen LogP contribution is 2.57. The first kappa shape index (κ1) is 53.5. The Bertz CT molecular complexity index is 5840. The van der Waals surface area contributed by atoms with Gasteiger partial charge >= 0.3 is 0 Å². The Morgan fingerprint density at radius 1 is 0.202 bits per heavy atom. The third-order valence-corrected chi connectivity index (χ3v) is 20.1. The smallest absolute Gasteiger partial charge is 0.0714 e. The van der Waals surface area contributed by atoms with Gasteiger partial charge < -0.3 is 14.0 Å². The van der Waals surface area contributed by atoms with Gasteiger partial charge in [0, 0.05) is 50.0 Å². The van der Waals surface area contributed by atoms with Crippen LogP contribution in [0.1, 0.15) is 22.3 Å². The van der Waals surface area contributed by atoms with Crippen molar-refractivity contribution < 1.29 is 0 Å². The fourth-order valence-corrected chi connectivity index (χ4v) is 16.0. The van der Waals surface area contributed by atoms with Gasteiger partial charge in [0.05, 0.1) is 27.5 Å². The van der Waals surface area contributed by atoms with Crippen molar-refractivity contribution in [3.8, 4) is 55.9 Å². The fraction of sp³-hybridized carbons (Fsp3) is 0.0110. The zero-order valence-electron chi connectivity index (χ0n) is 51.4. The normalized spacial score (nSPS) is 12.6. The van der Waals surface area contributed by atoms with Crippen LogP contribution >= 0.6 is 0 Å². The molecule has 0 bridgehead atoms. The summed E-state index contributed by atoms with van der Waals surface area (Å²) in [5, 5.41) is 12.4. The Morgan fingerprint density at radius 2 is 0.553 bits per heavy atom. The molecule has 0 aliphatic heterocycles. The predicted molar refractivity (Wildman–Crippen MR) is 396 cm³/mol. The molecule has 0 atom stereocenters. The molecule has 2 aromatic heterocycles. The monoisotopic (exact) mass is 1190 g/mol. The minimum atomic E-state index is -0.528. The van der Waals surface area contributed by atoms with Crippen molar-refractivity contribution in [3.63, 3.8) is 0 Å². The maximum Gasteiger partial charge on any atom is 0.0714 e. The van der Waals surface area contributed by atoms with Crippen molar-refractivity contribution >= 4 is 93.0 Å². The summed E-state index contributed by atoms with van der Waals surface area (Å²) in [4.78, 5) is 2.42. The van der Waals surface area contributed by atoms with E-state index in [4.69, 9.17) is 0 Å². The molecule has 1 aliphatic rings. The number of hydrogen-bond donors (Lipinski definition) is 0. The molecule has 0 saturated heterocycles. The summed E-state index contributed by atoms with van der Waals surface area (Å²) >= 11 is 0. The number of anilines is 3. The van der Waals surface area contributed by atoms with Crippen LogP contribution in [-0.4, -0.2) is 9.13 Å². The highest BCUT2D eigenvalue weighted by atomic mass is 15.1. The van der Waals surface area contributed by atoms with E-state index >= 15 is 0 Å². The standard InChI is InChI=1S/C91H59N3/c1-6-22-60(23-7-1)63-40-50-87-81(54-63)82-55-64(61-24-8-2-9-25-61)41-51-88(82)94(87)71-47-53-90-84(58-71)83-56-65(42-52-89(83)93(90)70-45-48-77-75-34-17-16-32-73(75)74-33-18-19-35-76(74)80(77)57-70)62-38-43-69(44-39-62)92(68-30-14-5-15-31-68)72-46-49-79-78-36-20-21-37-85(78)91(86(79)59-72,66-26-10-3-11-27-66)67-28-12-4-13-29-67/h1-59H. The van der Waals surface area contributed by atoms with Crippen LogP contribution in [-0.2, 0) is 5.41 Å². The average molecular weight is 1190 g/mol. The van der Waals surface area contributed by atoms with Crippen molar-refractivity contribution in [2.24, 2.45) is 0 Å². The molecule has 2 heterocycles. The van der Waals surface area contributed by atoms with E-state index in [0.717, 1.165) is 50.6 Å². The Balaban J connectivity index is 0.788. The van der Waals surface area contributed by atoms with Gasteiger partial charge in [0.25, 0.3) is 0 Å². The molecule has 0 N–H and O–H groups in total. The first-order valence-corrected chi connectivity index (χ1v) is 32.5. The maximum absolute atomic E-state index is 2.49. The molecule has 0 spiro atoms. The van der Waals surface area contributed by atoms with Crippen LogP contribution in [0.15, 0.2) is 358 Å². The van der Waals surface area contributed by atoms with Gasteiger partial charge in [-0.2, -0.15) is 0 Å². The highest BCUT2D eigenvalue weighted by molar-refractivity contribution is 6.26. The Kier molecular flexibility index (Phi) is 12.2. The number of aromatic nitrogens is 2. The summed E-state index contributed by atoms with van der Waals surface area (Å²) in [6.07, 6.45) is 0. The van der Waals surface area contributed by atoms with Crippen molar-refractivity contribution in [1.29, 1.82) is 0 Å². The lowest BCUT2D eigenvalue weighted by atomic mass is 9.67. The number of hydrogen-bond acceptors (Lipinski definition) is 1. The Labute approximate surface area is 545 Å². The van der Waals surface area contributed by atoms with Gasteiger partial charge in [-0.1, -0.05) is 255 Å². The molecule has 16 aromatic carbocycles. The summed E-state index contributed by atoms with van der Waals surface area (Å²) in [5.74, 6) is 0. The largest absolute Gasteiger partial charge is 0.310 e. The highest BCUT2D eigenvalue weighted by Gasteiger charge is 2.46. The molecule has 19 rings (SSSR count). The second kappa shape index (κ2) is 21.4. The predicted octanol–water partition coefficient (Wildman–Crippen LogP) is 24.2. The average Bonchev–Trinajstić information content (AvgIpc) is 1.52. The zero-order chi connectivity index (χ0) is 61.8. The quantitative estimate of drug-likeness (QED) is 0.124. The first-order valence-electron chi connectivity index (χ1n) is 32.5. The van der Waals surface area contributed by atoms with Crippen LogP contribution < -0.4 is 4.90 Å². The fourth-order valence-electron chi connectivity index (χ4n) is 16.0. The maximum atomic E-state index is 2.49. The summed E-state index contributed by atoms with van der Waals surface area (Å²) in [7, 11) is 0. The minimum Gasteiger partial charge on any atom is -0.310 e. The molecule has 0 amide bonds. The Morgan fingerprint density at radius 3 is 1.07 bits per heavy atom. The van der Waals surface area contributed by atoms with E-state index in [-0.39, 0.29) is 0 Å². The number of para-hydroxylation sites is 1. The molecule has 0 radical (unpaired) electrons. The van der Waals surface area contributed by atoms with Crippen LogP contribution in [0.4, 0.5) is 17.1 Å². The van der Waals surface area contributed by atoms with Gasteiger partial charge in [-0.3, -0.25) is 0 Å². The number of nitrogens with zero attached hydrogens (tertiary/aromatic N) is 3. The van der Waals surface area contributed by atoms with E-state index in [0.29, 0.717) is 0 Å². The molecule has 3 nitrogen and oxygen atoms in total. The molecular weight excluding hydrogens is 1140 g/mol.